The molecular weight excluding hydrogens is 378 g/mol. The number of fused-ring (bicyclic) bond motifs is 2. The lowest BCUT2D eigenvalue weighted by molar-refractivity contribution is 0.0223. The molecule has 0 radical (unpaired) electrons. The van der Waals surface area contributed by atoms with Crippen LogP contribution >= 0.6 is 24.2 Å². The number of ether oxygens (including phenoxy) is 2. The number of hydrogen-bond donors (Lipinski definition) is 0. The van der Waals surface area contributed by atoms with Crippen LogP contribution in [0.1, 0.15) is 30.9 Å². The molecule has 2 heterocycles. The quantitative estimate of drug-likeness (QED) is 0.425. The third-order valence-corrected chi connectivity index (χ3v) is 6.19. The van der Waals surface area contributed by atoms with Crippen molar-refractivity contribution in [3.05, 3.63) is 59.2 Å². The fourth-order valence-corrected chi connectivity index (χ4v) is 4.74. The zero-order valence-electron chi connectivity index (χ0n) is 15.9. The van der Waals surface area contributed by atoms with E-state index in [9.17, 15) is 0 Å². The molecule has 2 aliphatic heterocycles. The van der Waals surface area contributed by atoms with Gasteiger partial charge in [-0.3, -0.25) is 0 Å². The molecule has 3 nitrogen and oxygen atoms in total. The van der Waals surface area contributed by atoms with Crippen LogP contribution < -0.4 is 4.74 Å². The molecular formula is C22H26ClNO2S. The second-order valence-corrected chi connectivity index (χ2v) is 7.88. The van der Waals surface area contributed by atoms with Gasteiger partial charge in [0, 0.05) is 29.5 Å². The summed E-state index contributed by atoms with van der Waals surface area (Å²) in [7, 11) is 2.21. The molecule has 0 atom stereocenters. The van der Waals surface area contributed by atoms with Gasteiger partial charge < -0.3 is 14.4 Å². The first-order chi connectivity index (χ1) is 12.8. The van der Waals surface area contributed by atoms with Gasteiger partial charge >= 0.3 is 0 Å². The topological polar surface area (TPSA) is 21.7 Å². The molecule has 2 aromatic carbocycles. The average molecular weight is 404 g/mol. The Hall–Kier alpha value is -1.46. The summed E-state index contributed by atoms with van der Waals surface area (Å²) in [6, 6.07) is 15.2. The van der Waals surface area contributed by atoms with Gasteiger partial charge in [0.1, 0.15) is 5.75 Å². The fraction of sp³-hybridized carbons (Fsp3) is 0.364. The Labute approximate surface area is 172 Å². The van der Waals surface area contributed by atoms with Crippen molar-refractivity contribution in [1.82, 2.24) is 4.90 Å². The zero-order chi connectivity index (χ0) is 17.9. The molecule has 0 amide bonds. The van der Waals surface area contributed by atoms with E-state index in [4.69, 9.17) is 9.47 Å². The summed E-state index contributed by atoms with van der Waals surface area (Å²) < 4.78 is 11.1. The summed E-state index contributed by atoms with van der Waals surface area (Å²) in [5, 5.41) is 0. The first-order valence-corrected chi connectivity index (χ1v) is 10.1. The molecule has 27 heavy (non-hydrogen) atoms. The molecule has 0 aromatic heterocycles. The van der Waals surface area contributed by atoms with Gasteiger partial charge in [0.15, 0.2) is 6.79 Å². The SMILES string of the molecule is CCOCOc1ccc2c(c1)Sc1ccccc1C2=C1CCN(C)CC1.Cl. The molecule has 0 spiro atoms. The van der Waals surface area contributed by atoms with E-state index in [-0.39, 0.29) is 12.4 Å². The Morgan fingerprint density at radius 3 is 2.52 bits per heavy atom. The molecule has 0 unspecified atom stereocenters. The van der Waals surface area contributed by atoms with E-state index < -0.39 is 0 Å². The average Bonchev–Trinajstić information content (AvgIpc) is 2.67. The highest BCUT2D eigenvalue weighted by Gasteiger charge is 2.25. The molecule has 1 fully saturated rings. The first kappa shape index (κ1) is 20.3. The van der Waals surface area contributed by atoms with E-state index in [2.05, 4.69) is 54.4 Å². The summed E-state index contributed by atoms with van der Waals surface area (Å²) >= 11 is 1.84. The lowest BCUT2D eigenvalue weighted by Crippen LogP contribution is -2.27. The molecule has 1 saturated heterocycles. The summed E-state index contributed by atoms with van der Waals surface area (Å²) in [6.45, 7) is 5.22. The van der Waals surface area contributed by atoms with Crippen LogP contribution in [0.3, 0.4) is 0 Å². The van der Waals surface area contributed by atoms with Gasteiger partial charge in [-0.05, 0) is 67.8 Å². The minimum Gasteiger partial charge on any atom is -0.468 e. The molecule has 0 N–H and O–H groups in total. The van der Waals surface area contributed by atoms with Crippen LogP contribution in [0.25, 0.3) is 5.57 Å². The number of hydrogen-bond acceptors (Lipinski definition) is 4. The van der Waals surface area contributed by atoms with E-state index in [1.807, 2.05) is 18.7 Å². The maximum atomic E-state index is 5.74. The predicted octanol–water partition coefficient (Wildman–Crippen LogP) is 5.47. The Morgan fingerprint density at radius 1 is 1.00 bits per heavy atom. The van der Waals surface area contributed by atoms with Crippen LogP contribution in [0.4, 0.5) is 0 Å². The highest BCUT2D eigenvalue weighted by atomic mass is 35.5. The minimum absolute atomic E-state index is 0. The molecule has 5 heteroatoms. The Balaban J connectivity index is 0.00000210. The third-order valence-electron chi connectivity index (χ3n) is 5.06. The van der Waals surface area contributed by atoms with Gasteiger partial charge in [0.25, 0.3) is 0 Å². The largest absolute Gasteiger partial charge is 0.468 e. The minimum atomic E-state index is 0. The number of piperidine rings is 1. The van der Waals surface area contributed by atoms with Gasteiger partial charge in [0.05, 0.1) is 0 Å². The maximum absolute atomic E-state index is 5.74. The van der Waals surface area contributed by atoms with Crippen LogP contribution in [0, 0.1) is 0 Å². The monoisotopic (exact) mass is 403 g/mol. The zero-order valence-corrected chi connectivity index (χ0v) is 17.5. The van der Waals surface area contributed by atoms with Crippen molar-refractivity contribution in [2.45, 2.75) is 29.6 Å². The second-order valence-electron chi connectivity index (χ2n) is 6.79. The van der Waals surface area contributed by atoms with Crippen molar-refractivity contribution in [3.63, 3.8) is 0 Å². The maximum Gasteiger partial charge on any atom is 0.189 e. The van der Waals surface area contributed by atoms with Gasteiger partial charge in [-0.2, -0.15) is 0 Å². The highest BCUT2D eigenvalue weighted by molar-refractivity contribution is 7.99. The predicted molar refractivity (Wildman–Crippen MR) is 114 cm³/mol. The van der Waals surface area contributed by atoms with Crippen LogP contribution in [-0.2, 0) is 4.74 Å². The van der Waals surface area contributed by atoms with Crippen molar-refractivity contribution in [3.8, 4) is 5.75 Å². The van der Waals surface area contributed by atoms with E-state index in [1.165, 1.54) is 26.5 Å². The lowest BCUT2D eigenvalue weighted by atomic mass is 9.88. The van der Waals surface area contributed by atoms with Crippen molar-refractivity contribution in [2.75, 3.05) is 33.5 Å². The molecule has 4 rings (SSSR count). The van der Waals surface area contributed by atoms with E-state index in [0.29, 0.717) is 13.4 Å². The summed E-state index contributed by atoms with van der Waals surface area (Å²) in [4.78, 5) is 5.03. The second kappa shape index (κ2) is 9.16. The van der Waals surface area contributed by atoms with Crippen molar-refractivity contribution in [2.24, 2.45) is 0 Å². The van der Waals surface area contributed by atoms with Crippen molar-refractivity contribution < 1.29 is 9.47 Å². The standard InChI is InChI=1S/C22H25NO2S.ClH/c1-3-24-15-25-17-8-9-19-21(14-17)26-20-7-5-4-6-18(20)22(19)16-10-12-23(2)13-11-16;/h4-9,14H,3,10-13,15H2,1-2H3;1H. The van der Waals surface area contributed by atoms with E-state index >= 15 is 0 Å². The number of halogens is 1. The van der Waals surface area contributed by atoms with Crippen LogP contribution in [0.2, 0.25) is 0 Å². The van der Waals surface area contributed by atoms with Crippen molar-refractivity contribution in [1.29, 1.82) is 0 Å². The van der Waals surface area contributed by atoms with Crippen molar-refractivity contribution >= 4 is 29.7 Å². The summed E-state index contributed by atoms with van der Waals surface area (Å²) in [6.07, 6.45) is 2.29. The number of rotatable bonds is 4. The van der Waals surface area contributed by atoms with Gasteiger partial charge in [0.2, 0.25) is 0 Å². The molecule has 0 bridgehead atoms. The molecule has 0 saturated carbocycles. The van der Waals surface area contributed by atoms with Gasteiger partial charge in [-0.1, -0.05) is 35.5 Å². The molecule has 2 aliphatic rings. The lowest BCUT2D eigenvalue weighted by Gasteiger charge is -2.30. The Bertz CT molecular complexity index is 827. The van der Waals surface area contributed by atoms with E-state index in [1.54, 1.807) is 5.57 Å². The number of likely N-dealkylation sites (tertiary alicyclic amines) is 1. The smallest absolute Gasteiger partial charge is 0.189 e. The van der Waals surface area contributed by atoms with E-state index in [0.717, 1.165) is 31.7 Å². The number of nitrogens with zero attached hydrogens (tertiary/aromatic N) is 1. The van der Waals surface area contributed by atoms with Crippen LogP contribution in [-0.4, -0.2) is 38.4 Å². The third kappa shape index (κ3) is 4.35. The molecule has 144 valence electrons. The summed E-state index contributed by atoms with van der Waals surface area (Å²) in [5.74, 6) is 0.872. The number of benzene rings is 2. The van der Waals surface area contributed by atoms with Gasteiger partial charge in [-0.15, -0.1) is 12.4 Å². The molecule has 2 aromatic rings. The Kier molecular flexibility index (Phi) is 6.88. The van der Waals surface area contributed by atoms with Crippen LogP contribution in [0.15, 0.2) is 57.8 Å². The molecule has 0 aliphatic carbocycles. The normalized spacial score (nSPS) is 16.4. The van der Waals surface area contributed by atoms with Crippen LogP contribution in [0.5, 0.6) is 5.75 Å². The van der Waals surface area contributed by atoms with Gasteiger partial charge in [-0.25, -0.2) is 0 Å². The Morgan fingerprint density at radius 2 is 1.74 bits per heavy atom. The first-order valence-electron chi connectivity index (χ1n) is 9.29. The highest BCUT2D eigenvalue weighted by Crippen LogP contribution is 2.48. The fourth-order valence-electron chi connectivity index (χ4n) is 3.62. The summed E-state index contributed by atoms with van der Waals surface area (Å²) in [5.41, 5.74) is 5.75.